The van der Waals surface area contributed by atoms with E-state index in [4.69, 9.17) is 0 Å². The molecule has 154 valence electrons. The van der Waals surface area contributed by atoms with Crippen LogP contribution in [0, 0.1) is 11.7 Å². The number of anilines is 2. The molecule has 7 heteroatoms. The molecule has 2 fully saturated rings. The minimum absolute atomic E-state index is 0. The molecule has 0 saturated carbocycles. The second kappa shape index (κ2) is 9.37. The Balaban J connectivity index is 0.00000240. The van der Waals surface area contributed by atoms with Crippen molar-refractivity contribution in [3.8, 4) is 0 Å². The fourth-order valence-electron chi connectivity index (χ4n) is 4.32. The predicted molar refractivity (Wildman–Crippen MR) is 114 cm³/mol. The summed E-state index contributed by atoms with van der Waals surface area (Å²) >= 11 is 0. The van der Waals surface area contributed by atoms with Crippen molar-refractivity contribution < 1.29 is 14.0 Å². The third-order valence-corrected chi connectivity index (χ3v) is 5.54. The molecule has 0 spiro atoms. The van der Waals surface area contributed by atoms with E-state index < -0.39 is 5.82 Å². The number of rotatable bonds is 5. The fraction of sp³-hybridized carbons (Fsp3) is 0.364. The highest BCUT2D eigenvalue weighted by Gasteiger charge is 2.34. The topological polar surface area (TPSA) is 70.2 Å². The molecule has 2 aliphatic heterocycles. The van der Waals surface area contributed by atoms with Crippen molar-refractivity contribution in [1.29, 1.82) is 0 Å². The summed E-state index contributed by atoms with van der Waals surface area (Å²) in [5.41, 5.74) is 1.38. The largest absolute Gasteiger partial charge is 0.326 e. The van der Waals surface area contributed by atoms with Gasteiger partial charge in [0.2, 0.25) is 5.91 Å². The number of hydrogen-bond acceptors (Lipinski definition) is 3. The van der Waals surface area contributed by atoms with E-state index in [1.807, 2.05) is 0 Å². The number of piperidine rings is 1. The first-order chi connectivity index (χ1) is 13.5. The molecule has 5 nitrogen and oxygen atoms in total. The number of carbonyl (C=O) groups is 2. The molecule has 2 amide bonds. The quantitative estimate of drug-likeness (QED) is 0.677. The Kier molecular flexibility index (Phi) is 6.87. The van der Waals surface area contributed by atoms with Gasteiger partial charge in [-0.2, -0.15) is 0 Å². The van der Waals surface area contributed by atoms with E-state index in [9.17, 15) is 14.0 Å². The van der Waals surface area contributed by atoms with Crippen LogP contribution in [0.4, 0.5) is 15.8 Å². The maximum atomic E-state index is 13.3. The van der Waals surface area contributed by atoms with Gasteiger partial charge in [0.25, 0.3) is 5.91 Å². The Labute approximate surface area is 175 Å². The van der Waals surface area contributed by atoms with Gasteiger partial charge in [0.05, 0.1) is 0 Å². The standard InChI is InChI=1S/C22H24FN3O2.ClH/c23-16-4-2-6-18(13-16)26-22(28)15-3-1-5-17(12-15)25-21(27)11-14-9-19-7-8-20(10-14)24-19;/h1-6,12-14,19-20,24H,7-11H2,(H,25,27)(H,26,28);1H. The Hall–Kier alpha value is -2.44. The normalized spacial score (nSPS) is 22.4. The SMILES string of the molecule is Cl.O=C(CC1CC2CCC(C1)N2)Nc1cccc(C(=O)Nc2cccc(F)c2)c1. The van der Waals surface area contributed by atoms with E-state index in [0.717, 1.165) is 12.8 Å². The van der Waals surface area contributed by atoms with Gasteiger partial charge in [-0.25, -0.2) is 4.39 Å². The van der Waals surface area contributed by atoms with E-state index in [-0.39, 0.29) is 24.2 Å². The number of nitrogens with one attached hydrogen (secondary N) is 3. The number of benzene rings is 2. The predicted octanol–water partition coefficient (Wildman–Crippen LogP) is 4.36. The highest BCUT2D eigenvalue weighted by Crippen LogP contribution is 2.32. The molecule has 29 heavy (non-hydrogen) atoms. The van der Waals surface area contributed by atoms with Crippen molar-refractivity contribution >= 4 is 35.6 Å². The average molecular weight is 418 g/mol. The minimum Gasteiger partial charge on any atom is -0.326 e. The van der Waals surface area contributed by atoms with Crippen LogP contribution in [0.3, 0.4) is 0 Å². The van der Waals surface area contributed by atoms with E-state index in [0.29, 0.717) is 41.4 Å². The summed E-state index contributed by atoms with van der Waals surface area (Å²) in [4.78, 5) is 24.9. The summed E-state index contributed by atoms with van der Waals surface area (Å²) in [5, 5.41) is 9.16. The molecule has 2 aromatic carbocycles. The molecular weight excluding hydrogens is 393 g/mol. The Morgan fingerprint density at radius 2 is 1.62 bits per heavy atom. The average Bonchev–Trinajstić information content (AvgIpc) is 3.00. The van der Waals surface area contributed by atoms with Gasteiger partial charge in [-0.15, -0.1) is 12.4 Å². The molecule has 4 rings (SSSR count). The summed E-state index contributed by atoms with van der Waals surface area (Å²) < 4.78 is 13.3. The van der Waals surface area contributed by atoms with Crippen molar-refractivity contribution in [2.75, 3.05) is 10.6 Å². The second-order valence-electron chi connectivity index (χ2n) is 7.77. The van der Waals surface area contributed by atoms with Crippen LogP contribution in [-0.2, 0) is 4.79 Å². The first kappa shape index (κ1) is 21.3. The molecule has 2 aliphatic rings. The summed E-state index contributed by atoms with van der Waals surface area (Å²) in [7, 11) is 0. The van der Waals surface area contributed by atoms with Gasteiger partial charge in [0.1, 0.15) is 5.82 Å². The van der Waals surface area contributed by atoms with Crippen LogP contribution >= 0.6 is 12.4 Å². The first-order valence-electron chi connectivity index (χ1n) is 9.78. The van der Waals surface area contributed by atoms with Crippen LogP contribution in [0.15, 0.2) is 48.5 Å². The van der Waals surface area contributed by atoms with E-state index >= 15 is 0 Å². The summed E-state index contributed by atoms with van der Waals surface area (Å²) in [6, 6.07) is 13.7. The maximum absolute atomic E-state index is 13.3. The smallest absolute Gasteiger partial charge is 0.255 e. The zero-order valence-corrected chi connectivity index (χ0v) is 16.8. The lowest BCUT2D eigenvalue weighted by Crippen LogP contribution is -2.39. The molecule has 2 saturated heterocycles. The molecule has 2 aromatic rings. The number of fused-ring (bicyclic) bond motifs is 2. The molecule has 0 radical (unpaired) electrons. The molecular formula is C22H25ClFN3O2. The number of hydrogen-bond donors (Lipinski definition) is 3. The maximum Gasteiger partial charge on any atom is 0.255 e. The van der Waals surface area contributed by atoms with Crippen LogP contribution in [0.25, 0.3) is 0 Å². The van der Waals surface area contributed by atoms with Gasteiger partial charge in [-0.1, -0.05) is 12.1 Å². The Morgan fingerprint density at radius 1 is 0.966 bits per heavy atom. The molecule has 0 aliphatic carbocycles. The van der Waals surface area contributed by atoms with Gasteiger partial charge in [-0.3, -0.25) is 9.59 Å². The zero-order chi connectivity index (χ0) is 19.5. The highest BCUT2D eigenvalue weighted by molar-refractivity contribution is 6.05. The van der Waals surface area contributed by atoms with Crippen molar-refractivity contribution in [3.63, 3.8) is 0 Å². The lowest BCUT2D eigenvalue weighted by atomic mass is 9.89. The monoisotopic (exact) mass is 417 g/mol. The van der Waals surface area contributed by atoms with E-state index in [1.54, 1.807) is 30.3 Å². The van der Waals surface area contributed by atoms with Gasteiger partial charge in [0, 0.05) is 35.4 Å². The number of carbonyl (C=O) groups excluding carboxylic acids is 2. The summed E-state index contributed by atoms with van der Waals surface area (Å²) in [6.07, 6.45) is 5.05. The minimum atomic E-state index is -0.412. The molecule has 0 aromatic heterocycles. The highest BCUT2D eigenvalue weighted by atomic mass is 35.5. The summed E-state index contributed by atoms with van der Waals surface area (Å²) in [5.74, 6) is -0.367. The number of halogens is 2. The van der Waals surface area contributed by atoms with Crippen LogP contribution in [-0.4, -0.2) is 23.9 Å². The lowest BCUT2D eigenvalue weighted by Gasteiger charge is -2.28. The van der Waals surface area contributed by atoms with Gasteiger partial charge in [0.15, 0.2) is 0 Å². The molecule has 2 unspecified atom stereocenters. The van der Waals surface area contributed by atoms with Crippen LogP contribution in [0.1, 0.15) is 42.5 Å². The summed E-state index contributed by atoms with van der Waals surface area (Å²) in [6.45, 7) is 0. The van der Waals surface area contributed by atoms with Crippen molar-refractivity contribution in [2.24, 2.45) is 5.92 Å². The van der Waals surface area contributed by atoms with E-state index in [2.05, 4.69) is 16.0 Å². The van der Waals surface area contributed by atoms with Gasteiger partial charge < -0.3 is 16.0 Å². The molecule has 2 heterocycles. The van der Waals surface area contributed by atoms with E-state index in [1.165, 1.54) is 31.0 Å². The van der Waals surface area contributed by atoms with Crippen LogP contribution in [0.2, 0.25) is 0 Å². The molecule has 2 bridgehead atoms. The molecule has 3 N–H and O–H groups in total. The van der Waals surface area contributed by atoms with Crippen molar-refractivity contribution in [1.82, 2.24) is 5.32 Å². The first-order valence-corrected chi connectivity index (χ1v) is 9.78. The molecule has 2 atom stereocenters. The number of amides is 2. The van der Waals surface area contributed by atoms with Crippen LogP contribution in [0.5, 0.6) is 0 Å². The fourth-order valence-corrected chi connectivity index (χ4v) is 4.32. The third-order valence-electron chi connectivity index (χ3n) is 5.54. The Bertz CT molecular complexity index is 880. The lowest BCUT2D eigenvalue weighted by molar-refractivity contribution is -0.117. The third kappa shape index (κ3) is 5.55. The van der Waals surface area contributed by atoms with Gasteiger partial charge >= 0.3 is 0 Å². The van der Waals surface area contributed by atoms with Crippen molar-refractivity contribution in [3.05, 3.63) is 59.9 Å². The second-order valence-corrected chi connectivity index (χ2v) is 7.77. The zero-order valence-electron chi connectivity index (χ0n) is 16.0. The Morgan fingerprint density at radius 3 is 2.31 bits per heavy atom. The van der Waals surface area contributed by atoms with Gasteiger partial charge in [-0.05, 0) is 68.0 Å². The van der Waals surface area contributed by atoms with Crippen LogP contribution < -0.4 is 16.0 Å². The van der Waals surface area contributed by atoms with Crippen molar-refractivity contribution in [2.45, 2.75) is 44.2 Å².